The lowest BCUT2D eigenvalue weighted by atomic mass is 9.85. The third-order valence-corrected chi connectivity index (χ3v) is 4.13. The molecule has 0 atom stereocenters. The number of para-hydroxylation sites is 1. The molecule has 2 rings (SSSR count). The molecule has 0 amide bonds. The fourth-order valence-electron chi connectivity index (χ4n) is 2.98. The van der Waals surface area contributed by atoms with E-state index in [9.17, 15) is 0 Å². The van der Waals surface area contributed by atoms with Crippen LogP contribution >= 0.6 is 0 Å². The fourth-order valence-corrected chi connectivity index (χ4v) is 2.98. The summed E-state index contributed by atoms with van der Waals surface area (Å²) < 4.78 is 0. The highest BCUT2D eigenvalue weighted by atomic mass is 15.1. The first-order valence-electron chi connectivity index (χ1n) is 6.80. The van der Waals surface area contributed by atoms with E-state index in [1.807, 2.05) is 0 Å². The lowest BCUT2D eigenvalue weighted by Crippen LogP contribution is -2.41. The standard InChI is InChI=1S/C15H24N2/c1-2-17(14-8-4-3-5-9-14)13-15(12-16)10-6-7-11-15/h3-5,8-9H,2,6-7,10-13,16H2,1H3. The maximum atomic E-state index is 6.02. The Balaban J connectivity index is 2.09. The quantitative estimate of drug-likeness (QED) is 0.845. The van der Waals surface area contributed by atoms with E-state index in [1.54, 1.807) is 0 Å². The minimum absolute atomic E-state index is 0.367. The van der Waals surface area contributed by atoms with Gasteiger partial charge in [-0.3, -0.25) is 0 Å². The van der Waals surface area contributed by atoms with Gasteiger partial charge in [0.2, 0.25) is 0 Å². The first-order valence-corrected chi connectivity index (χ1v) is 6.80. The molecule has 0 radical (unpaired) electrons. The molecule has 0 aromatic heterocycles. The number of rotatable bonds is 5. The van der Waals surface area contributed by atoms with Crippen molar-refractivity contribution < 1.29 is 0 Å². The van der Waals surface area contributed by atoms with E-state index in [1.165, 1.54) is 31.4 Å². The van der Waals surface area contributed by atoms with Crippen molar-refractivity contribution in [2.75, 3.05) is 24.5 Å². The van der Waals surface area contributed by atoms with Crippen LogP contribution in [0.25, 0.3) is 0 Å². The largest absolute Gasteiger partial charge is 0.371 e. The molecule has 0 saturated heterocycles. The maximum absolute atomic E-state index is 6.02. The van der Waals surface area contributed by atoms with Gasteiger partial charge in [-0.2, -0.15) is 0 Å². The van der Waals surface area contributed by atoms with Crippen LogP contribution in [-0.2, 0) is 0 Å². The Morgan fingerprint density at radius 2 is 1.82 bits per heavy atom. The number of hydrogen-bond donors (Lipinski definition) is 1. The summed E-state index contributed by atoms with van der Waals surface area (Å²) in [6.07, 6.45) is 5.30. The van der Waals surface area contributed by atoms with Crippen LogP contribution in [0.3, 0.4) is 0 Å². The van der Waals surface area contributed by atoms with Gasteiger partial charge in [0.15, 0.2) is 0 Å². The summed E-state index contributed by atoms with van der Waals surface area (Å²) >= 11 is 0. The molecule has 0 spiro atoms. The average molecular weight is 232 g/mol. The lowest BCUT2D eigenvalue weighted by molar-refractivity contribution is 0.312. The van der Waals surface area contributed by atoms with Gasteiger partial charge in [-0.05, 0) is 38.4 Å². The van der Waals surface area contributed by atoms with Crippen LogP contribution in [0.2, 0.25) is 0 Å². The SMILES string of the molecule is CCN(CC1(CN)CCCC1)c1ccccc1. The summed E-state index contributed by atoms with van der Waals surface area (Å²) in [5, 5.41) is 0. The number of hydrogen-bond acceptors (Lipinski definition) is 2. The van der Waals surface area contributed by atoms with Crippen molar-refractivity contribution in [3.8, 4) is 0 Å². The number of nitrogens with two attached hydrogens (primary N) is 1. The van der Waals surface area contributed by atoms with Crippen molar-refractivity contribution in [2.24, 2.45) is 11.1 Å². The van der Waals surface area contributed by atoms with Crippen LogP contribution in [0.4, 0.5) is 5.69 Å². The molecule has 1 aliphatic rings. The van der Waals surface area contributed by atoms with E-state index in [4.69, 9.17) is 5.73 Å². The Labute approximate surface area is 105 Å². The average Bonchev–Trinajstić information content (AvgIpc) is 2.86. The van der Waals surface area contributed by atoms with E-state index < -0.39 is 0 Å². The lowest BCUT2D eigenvalue weighted by Gasteiger charge is -2.35. The summed E-state index contributed by atoms with van der Waals surface area (Å²) in [7, 11) is 0. The minimum atomic E-state index is 0.367. The van der Waals surface area contributed by atoms with Crippen LogP contribution in [0, 0.1) is 5.41 Å². The first kappa shape index (κ1) is 12.4. The molecule has 2 N–H and O–H groups in total. The van der Waals surface area contributed by atoms with Gasteiger partial charge >= 0.3 is 0 Å². The summed E-state index contributed by atoms with van der Waals surface area (Å²) in [4.78, 5) is 2.47. The fraction of sp³-hybridized carbons (Fsp3) is 0.600. The number of benzene rings is 1. The Morgan fingerprint density at radius 1 is 1.18 bits per heavy atom. The maximum Gasteiger partial charge on any atom is 0.0366 e. The molecule has 1 aliphatic carbocycles. The molecule has 1 fully saturated rings. The molecule has 1 aromatic rings. The van der Waals surface area contributed by atoms with Crippen molar-refractivity contribution in [3.63, 3.8) is 0 Å². The highest BCUT2D eigenvalue weighted by molar-refractivity contribution is 5.46. The second-order valence-corrected chi connectivity index (χ2v) is 5.26. The third kappa shape index (κ3) is 2.81. The zero-order chi connectivity index (χ0) is 12.1. The zero-order valence-electron chi connectivity index (χ0n) is 10.9. The van der Waals surface area contributed by atoms with Crippen molar-refractivity contribution in [1.82, 2.24) is 0 Å². The van der Waals surface area contributed by atoms with E-state index in [0.717, 1.165) is 19.6 Å². The molecule has 0 heterocycles. The van der Waals surface area contributed by atoms with Gasteiger partial charge in [0, 0.05) is 24.2 Å². The number of anilines is 1. The molecule has 94 valence electrons. The minimum Gasteiger partial charge on any atom is -0.371 e. The van der Waals surface area contributed by atoms with E-state index in [-0.39, 0.29) is 0 Å². The molecule has 2 nitrogen and oxygen atoms in total. The second-order valence-electron chi connectivity index (χ2n) is 5.26. The Kier molecular flexibility index (Phi) is 4.06. The van der Waals surface area contributed by atoms with Gasteiger partial charge in [0.25, 0.3) is 0 Å². The summed E-state index contributed by atoms with van der Waals surface area (Å²) in [6, 6.07) is 10.7. The molecule has 2 heteroatoms. The summed E-state index contributed by atoms with van der Waals surface area (Å²) in [5.74, 6) is 0. The Hall–Kier alpha value is -1.02. The van der Waals surface area contributed by atoms with Gasteiger partial charge < -0.3 is 10.6 Å². The molecule has 0 unspecified atom stereocenters. The van der Waals surface area contributed by atoms with Crippen molar-refractivity contribution in [2.45, 2.75) is 32.6 Å². The van der Waals surface area contributed by atoms with Crippen LogP contribution < -0.4 is 10.6 Å². The van der Waals surface area contributed by atoms with Crippen molar-refractivity contribution >= 4 is 5.69 Å². The molecule has 17 heavy (non-hydrogen) atoms. The van der Waals surface area contributed by atoms with Gasteiger partial charge in [-0.1, -0.05) is 31.0 Å². The molecule has 1 saturated carbocycles. The normalized spacial score (nSPS) is 18.2. The van der Waals surface area contributed by atoms with E-state index >= 15 is 0 Å². The van der Waals surface area contributed by atoms with Crippen molar-refractivity contribution in [3.05, 3.63) is 30.3 Å². The highest BCUT2D eigenvalue weighted by Gasteiger charge is 2.34. The molecule has 1 aromatic carbocycles. The smallest absolute Gasteiger partial charge is 0.0366 e. The van der Waals surface area contributed by atoms with E-state index in [2.05, 4.69) is 42.2 Å². The molecule has 0 bridgehead atoms. The van der Waals surface area contributed by atoms with Crippen LogP contribution in [0.15, 0.2) is 30.3 Å². The van der Waals surface area contributed by atoms with Gasteiger partial charge in [0.1, 0.15) is 0 Å². The topological polar surface area (TPSA) is 29.3 Å². The molecular weight excluding hydrogens is 208 g/mol. The Morgan fingerprint density at radius 3 is 2.35 bits per heavy atom. The van der Waals surface area contributed by atoms with Gasteiger partial charge in [0.05, 0.1) is 0 Å². The monoisotopic (exact) mass is 232 g/mol. The Bertz CT molecular complexity index is 328. The highest BCUT2D eigenvalue weighted by Crippen LogP contribution is 2.38. The van der Waals surface area contributed by atoms with Crippen LogP contribution in [0.1, 0.15) is 32.6 Å². The van der Waals surface area contributed by atoms with Crippen molar-refractivity contribution in [1.29, 1.82) is 0 Å². The number of nitrogens with zero attached hydrogens (tertiary/aromatic N) is 1. The van der Waals surface area contributed by atoms with Gasteiger partial charge in [-0.15, -0.1) is 0 Å². The zero-order valence-corrected chi connectivity index (χ0v) is 10.9. The summed E-state index contributed by atoms with van der Waals surface area (Å²) in [5.41, 5.74) is 7.72. The van der Waals surface area contributed by atoms with Crippen LogP contribution in [-0.4, -0.2) is 19.6 Å². The van der Waals surface area contributed by atoms with Crippen LogP contribution in [0.5, 0.6) is 0 Å². The summed E-state index contributed by atoms with van der Waals surface area (Å²) in [6.45, 7) is 5.23. The predicted octanol–water partition coefficient (Wildman–Crippen LogP) is 3.03. The van der Waals surface area contributed by atoms with E-state index in [0.29, 0.717) is 5.41 Å². The van der Waals surface area contributed by atoms with Gasteiger partial charge in [-0.25, -0.2) is 0 Å². The first-order chi connectivity index (χ1) is 8.29. The molecule has 0 aliphatic heterocycles. The molecular formula is C15H24N2. The second kappa shape index (κ2) is 5.54. The predicted molar refractivity (Wildman–Crippen MR) is 74.3 cm³/mol. The third-order valence-electron chi connectivity index (χ3n) is 4.13.